The van der Waals surface area contributed by atoms with E-state index in [-0.39, 0.29) is 23.9 Å². The maximum absolute atomic E-state index is 12.9. The number of nitro benzene ring substituents is 1. The second-order valence-corrected chi connectivity index (χ2v) is 6.88. The molecule has 8 nitrogen and oxygen atoms in total. The molecule has 0 spiro atoms. The van der Waals surface area contributed by atoms with Crippen LogP contribution in [0.2, 0.25) is 5.02 Å². The number of nitro groups is 1. The minimum atomic E-state index is -0.481. The van der Waals surface area contributed by atoms with Crippen LogP contribution in [0.25, 0.3) is 0 Å². The molecule has 1 amide bonds. The number of carbonyl (C=O) groups excluding carboxylic acids is 1. The molecule has 0 atom stereocenters. The minimum Gasteiger partial charge on any atom is -0.482 e. The summed E-state index contributed by atoms with van der Waals surface area (Å²) in [6.45, 7) is -0.215. The van der Waals surface area contributed by atoms with Crippen LogP contribution in [-0.4, -0.2) is 23.7 Å². The number of amides is 1. The van der Waals surface area contributed by atoms with Gasteiger partial charge in [-0.1, -0.05) is 28.9 Å². The van der Waals surface area contributed by atoms with Crippen molar-refractivity contribution < 1.29 is 23.7 Å². The van der Waals surface area contributed by atoms with Gasteiger partial charge in [-0.15, -0.1) is 0 Å². The van der Waals surface area contributed by atoms with Crippen molar-refractivity contribution >= 4 is 35.1 Å². The number of halogens is 2. The lowest BCUT2D eigenvalue weighted by Crippen LogP contribution is -2.20. The number of ether oxygens (including phenoxy) is 1. The molecular formula is C22H17ClFN3O5. The third-order valence-electron chi connectivity index (χ3n) is 4.07. The summed E-state index contributed by atoms with van der Waals surface area (Å²) < 4.78 is 18.3. The molecule has 0 saturated carbocycles. The SMILES string of the molecule is O=C(COc1ccc(/C=N\OCc2cccc([N+](=O)[O-])c2)cc1Cl)Nc1ccc(F)cc1. The van der Waals surface area contributed by atoms with Gasteiger partial charge in [0.15, 0.2) is 6.61 Å². The second-order valence-electron chi connectivity index (χ2n) is 6.47. The Labute approximate surface area is 187 Å². The Morgan fingerprint density at radius 3 is 2.66 bits per heavy atom. The van der Waals surface area contributed by atoms with Crippen LogP contribution >= 0.6 is 11.6 Å². The number of non-ortho nitro benzene ring substituents is 1. The molecule has 3 aromatic carbocycles. The molecule has 0 fully saturated rings. The van der Waals surface area contributed by atoms with Crippen molar-refractivity contribution in [2.75, 3.05) is 11.9 Å². The van der Waals surface area contributed by atoms with Crippen LogP contribution in [0, 0.1) is 15.9 Å². The highest BCUT2D eigenvalue weighted by Gasteiger charge is 2.08. The van der Waals surface area contributed by atoms with Gasteiger partial charge in [-0.3, -0.25) is 14.9 Å². The van der Waals surface area contributed by atoms with Crippen molar-refractivity contribution in [2.24, 2.45) is 5.16 Å². The molecule has 0 radical (unpaired) electrons. The first-order valence-electron chi connectivity index (χ1n) is 9.27. The predicted octanol–water partition coefficient (Wildman–Crippen LogP) is 4.96. The van der Waals surface area contributed by atoms with Crippen molar-refractivity contribution in [3.63, 3.8) is 0 Å². The maximum Gasteiger partial charge on any atom is 0.269 e. The summed E-state index contributed by atoms with van der Waals surface area (Å²) in [7, 11) is 0. The Hall–Kier alpha value is -3.98. The number of oxime groups is 1. The molecule has 0 heterocycles. The molecule has 0 aromatic heterocycles. The van der Waals surface area contributed by atoms with E-state index in [0.29, 0.717) is 22.6 Å². The van der Waals surface area contributed by atoms with E-state index in [4.69, 9.17) is 21.2 Å². The number of nitrogens with one attached hydrogen (secondary N) is 1. The molecule has 3 rings (SSSR count). The number of nitrogens with zero attached hydrogens (tertiary/aromatic N) is 2. The van der Waals surface area contributed by atoms with E-state index in [1.54, 1.807) is 30.3 Å². The van der Waals surface area contributed by atoms with E-state index in [1.165, 1.54) is 42.6 Å². The average molecular weight is 458 g/mol. The molecule has 0 bridgehead atoms. The molecule has 1 N–H and O–H groups in total. The van der Waals surface area contributed by atoms with Gasteiger partial charge in [-0.05, 0) is 53.6 Å². The van der Waals surface area contributed by atoms with Crippen molar-refractivity contribution in [2.45, 2.75) is 6.61 Å². The quantitative estimate of drug-likeness (QED) is 0.278. The van der Waals surface area contributed by atoms with E-state index in [9.17, 15) is 19.3 Å². The standard InChI is InChI=1S/C22H17ClFN3O5/c23-20-11-15(12-25-32-13-16-2-1-3-19(10-16)27(29)30)4-9-21(20)31-14-22(28)26-18-7-5-17(24)6-8-18/h1-12H,13-14H2,(H,26,28)/b25-12-. The van der Waals surface area contributed by atoms with Crippen molar-refractivity contribution in [1.29, 1.82) is 0 Å². The summed E-state index contributed by atoms with van der Waals surface area (Å²) in [5.41, 5.74) is 1.65. The van der Waals surface area contributed by atoms with E-state index in [2.05, 4.69) is 10.5 Å². The number of rotatable bonds is 9. The van der Waals surface area contributed by atoms with Crippen LogP contribution in [0.4, 0.5) is 15.8 Å². The summed E-state index contributed by atoms with van der Waals surface area (Å²) in [5.74, 6) is -0.521. The molecule has 32 heavy (non-hydrogen) atoms. The molecule has 3 aromatic rings. The topological polar surface area (TPSA) is 103 Å². The number of hydrogen-bond acceptors (Lipinski definition) is 6. The molecule has 0 aliphatic heterocycles. The number of anilines is 1. The summed E-state index contributed by atoms with van der Waals surface area (Å²) in [6, 6.07) is 16.2. The lowest BCUT2D eigenvalue weighted by atomic mass is 10.2. The fourth-order valence-corrected chi connectivity index (χ4v) is 2.80. The molecule has 0 unspecified atom stereocenters. The second kappa shape index (κ2) is 10.9. The van der Waals surface area contributed by atoms with Gasteiger partial charge in [-0.25, -0.2) is 4.39 Å². The van der Waals surface area contributed by atoms with E-state index in [0.717, 1.165) is 0 Å². The van der Waals surface area contributed by atoms with Crippen molar-refractivity contribution in [3.8, 4) is 5.75 Å². The summed E-state index contributed by atoms with van der Waals surface area (Å²) in [6.07, 6.45) is 1.42. The zero-order chi connectivity index (χ0) is 22.9. The average Bonchev–Trinajstić information content (AvgIpc) is 2.78. The normalized spacial score (nSPS) is 10.7. The fraction of sp³-hybridized carbons (Fsp3) is 0.0909. The Bertz CT molecular complexity index is 1140. The Morgan fingerprint density at radius 1 is 1.16 bits per heavy atom. The van der Waals surface area contributed by atoms with E-state index < -0.39 is 16.6 Å². The lowest BCUT2D eigenvalue weighted by Gasteiger charge is -2.09. The van der Waals surface area contributed by atoms with Gasteiger partial charge in [0.25, 0.3) is 11.6 Å². The zero-order valence-electron chi connectivity index (χ0n) is 16.5. The number of carbonyl (C=O) groups is 1. The highest BCUT2D eigenvalue weighted by molar-refractivity contribution is 6.32. The molecule has 10 heteroatoms. The lowest BCUT2D eigenvalue weighted by molar-refractivity contribution is -0.384. The van der Waals surface area contributed by atoms with Gasteiger partial charge < -0.3 is 14.9 Å². The first-order chi connectivity index (χ1) is 15.4. The Morgan fingerprint density at radius 2 is 1.94 bits per heavy atom. The molecule has 0 saturated heterocycles. The maximum atomic E-state index is 12.9. The largest absolute Gasteiger partial charge is 0.482 e. The fourth-order valence-electron chi connectivity index (χ4n) is 2.56. The number of hydrogen-bond donors (Lipinski definition) is 1. The van der Waals surface area contributed by atoms with Crippen molar-refractivity contribution in [3.05, 3.63) is 98.8 Å². The number of benzene rings is 3. The Kier molecular flexibility index (Phi) is 7.71. The van der Waals surface area contributed by atoms with Crippen LogP contribution in [0.5, 0.6) is 5.75 Å². The van der Waals surface area contributed by atoms with Gasteiger partial charge in [0.1, 0.15) is 18.2 Å². The van der Waals surface area contributed by atoms with E-state index in [1.807, 2.05) is 0 Å². The van der Waals surface area contributed by atoms with Crippen LogP contribution in [-0.2, 0) is 16.2 Å². The smallest absolute Gasteiger partial charge is 0.269 e. The Balaban J connectivity index is 1.48. The molecule has 0 aliphatic rings. The molecule has 164 valence electrons. The monoisotopic (exact) mass is 457 g/mol. The minimum absolute atomic E-state index is 0.0243. The van der Waals surface area contributed by atoms with Gasteiger partial charge >= 0.3 is 0 Å². The summed E-state index contributed by atoms with van der Waals surface area (Å²) >= 11 is 6.18. The zero-order valence-corrected chi connectivity index (χ0v) is 17.3. The third kappa shape index (κ3) is 6.78. The van der Waals surface area contributed by atoms with Crippen LogP contribution in [0.1, 0.15) is 11.1 Å². The van der Waals surface area contributed by atoms with Crippen molar-refractivity contribution in [1.82, 2.24) is 0 Å². The van der Waals surface area contributed by atoms with Crippen LogP contribution in [0.15, 0.2) is 71.9 Å². The van der Waals surface area contributed by atoms with Crippen LogP contribution < -0.4 is 10.1 Å². The summed E-state index contributed by atoms with van der Waals surface area (Å²) in [5, 5.41) is 17.5. The van der Waals surface area contributed by atoms with E-state index >= 15 is 0 Å². The van der Waals surface area contributed by atoms with Gasteiger partial charge in [0, 0.05) is 17.8 Å². The van der Waals surface area contributed by atoms with Gasteiger partial charge in [-0.2, -0.15) is 0 Å². The molecule has 0 aliphatic carbocycles. The predicted molar refractivity (Wildman–Crippen MR) is 117 cm³/mol. The first-order valence-corrected chi connectivity index (χ1v) is 9.65. The van der Waals surface area contributed by atoms with Crippen LogP contribution in [0.3, 0.4) is 0 Å². The highest BCUT2D eigenvalue weighted by atomic mass is 35.5. The molecular weight excluding hydrogens is 441 g/mol. The van der Waals surface area contributed by atoms with Gasteiger partial charge in [0.05, 0.1) is 16.2 Å². The third-order valence-corrected chi connectivity index (χ3v) is 4.37. The summed E-state index contributed by atoms with van der Waals surface area (Å²) in [4.78, 5) is 27.4. The highest BCUT2D eigenvalue weighted by Crippen LogP contribution is 2.25. The van der Waals surface area contributed by atoms with Gasteiger partial charge in [0.2, 0.25) is 0 Å². The first kappa shape index (κ1) is 22.7.